The maximum absolute atomic E-state index is 6.50. The predicted octanol–water partition coefficient (Wildman–Crippen LogP) is 6.53. The lowest BCUT2D eigenvalue weighted by atomic mass is 10.9. The summed E-state index contributed by atoms with van der Waals surface area (Å²) >= 11 is 0. The Morgan fingerprint density at radius 3 is 0.941 bits per heavy atom. The van der Waals surface area contributed by atoms with E-state index >= 15 is 0 Å². The summed E-state index contributed by atoms with van der Waals surface area (Å²) < 4.78 is 6.50. The Morgan fingerprint density at radius 2 is 0.824 bits per heavy atom. The van der Waals surface area contributed by atoms with Crippen LogP contribution in [0.5, 0.6) is 0 Å². The number of hydrogen-bond donors (Lipinski definition) is 0. The van der Waals surface area contributed by atoms with E-state index in [4.69, 9.17) is 4.12 Å². The maximum atomic E-state index is 6.50. The van der Waals surface area contributed by atoms with Gasteiger partial charge in [-0.2, -0.15) is 0 Å². The van der Waals surface area contributed by atoms with E-state index in [2.05, 4.69) is 40.8 Å². The van der Waals surface area contributed by atoms with Gasteiger partial charge in [0.05, 0.1) is 0 Å². The van der Waals surface area contributed by atoms with E-state index in [1.807, 2.05) is 13.8 Å². The molecule has 0 bridgehead atoms. The van der Waals surface area contributed by atoms with Gasteiger partial charge in [0.25, 0.3) is 0 Å². The summed E-state index contributed by atoms with van der Waals surface area (Å²) in [5.41, 5.74) is 0. The standard InChI is InChI=1S/C10H26OSi2.C2H6.2CH4/c1-7-12(5,8-2)11-13(6,9-3)10-4;1-2;;/h7-10H2,1-6H3;1-2H3;2*1H4. The van der Waals surface area contributed by atoms with E-state index in [1.54, 1.807) is 0 Å². The minimum Gasteiger partial charge on any atom is -0.455 e. The maximum Gasteiger partial charge on any atom is 0.176 e. The molecule has 0 heterocycles. The molecule has 0 aliphatic rings. The van der Waals surface area contributed by atoms with Gasteiger partial charge in [0, 0.05) is 0 Å². The quantitative estimate of drug-likeness (QED) is 0.502. The van der Waals surface area contributed by atoms with Gasteiger partial charge in [0.2, 0.25) is 0 Å². The molecule has 0 aliphatic heterocycles. The van der Waals surface area contributed by atoms with Gasteiger partial charge in [-0.25, -0.2) is 0 Å². The zero-order valence-corrected chi connectivity index (χ0v) is 14.2. The average molecular weight is 281 g/mol. The van der Waals surface area contributed by atoms with Crippen molar-refractivity contribution in [2.75, 3.05) is 0 Å². The van der Waals surface area contributed by atoms with Crippen LogP contribution >= 0.6 is 0 Å². The molecule has 0 aromatic rings. The Balaban J connectivity index is -0.000000199. The Bertz CT molecular complexity index is 125. The second-order valence-electron chi connectivity index (χ2n) is 4.42. The van der Waals surface area contributed by atoms with Crippen LogP contribution in [0, 0.1) is 0 Å². The second kappa shape index (κ2) is 12.8. The minimum absolute atomic E-state index is 0. The molecule has 110 valence electrons. The van der Waals surface area contributed by atoms with E-state index in [1.165, 1.54) is 24.2 Å². The fraction of sp³-hybridized carbons (Fsp3) is 1.00. The van der Waals surface area contributed by atoms with Crippen molar-refractivity contribution < 1.29 is 4.12 Å². The topological polar surface area (TPSA) is 9.23 Å². The highest BCUT2D eigenvalue weighted by Gasteiger charge is 2.34. The highest BCUT2D eigenvalue weighted by atomic mass is 28.4. The Morgan fingerprint density at radius 1 is 0.647 bits per heavy atom. The molecule has 0 atom stereocenters. The molecule has 0 saturated carbocycles. The molecule has 0 N–H and O–H groups in total. The summed E-state index contributed by atoms with van der Waals surface area (Å²) in [6, 6.07) is 5.08. The van der Waals surface area contributed by atoms with Crippen molar-refractivity contribution >= 4 is 16.6 Å². The van der Waals surface area contributed by atoms with Crippen LogP contribution in [0.25, 0.3) is 0 Å². The fourth-order valence-electron chi connectivity index (χ4n) is 1.38. The summed E-state index contributed by atoms with van der Waals surface area (Å²) in [6.07, 6.45) is 0. The molecule has 1 nitrogen and oxygen atoms in total. The summed E-state index contributed by atoms with van der Waals surface area (Å²) in [6.45, 7) is 17.9. The van der Waals surface area contributed by atoms with Crippen molar-refractivity contribution in [3.8, 4) is 0 Å². The molecule has 0 aromatic heterocycles. The van der Waals surface area contributed by atoms with Crippen LogP contribution in [0.15, 0.2) is 0 Å². The smallest absolute Gasteiger partial charge is 0.176 e. The third kappa shape index (κ3) is 10.0. The van der Waals surface area contributed by atoms with Gasteiger partial charge >= 0.3 is 0 Å². The zero-order chi connectivity index (χ0) is 12.5. The van der Waals surface area contributed by atoms with E-state index in [-0.39, 0.29) is 14.9 Å². The molecule has 0 radical (unpaired) electrons. The first kappa shape index (κ1) is 26.1. The zero-order valence-electron chi connectivity index (χ0n) is 12.2. The highest BCUT2D eigenvalue weighted by Crippen LogP contribution is 2.26. The molecule has 0 aromatic carbocycles. The van der Waals surface area contributed by atoms with Gasteiger partial charge in [0.1, 0.15) is 0 Å². The van der Waals surface area contributed by atoms with E-state index in [0.29, 0.717) is 0 Å². The van der Waals surface area contributed by atoms with Crippen LogP contribution in [0.3, 0.4) is 0 Å². The molecular weight excluding hydrogens is 240 g/mol. The molecule has 0 aliphatic carbocycles. The third-order valence-electron chi connectivity index (χ3n) is 3.48. The monoisotopic (exact) mass is 280 g/mol. The van der Waals surface area contributed by atoms with Crippen LogP contribution < -0.4 is 0 Å². The SMILES string of the molecule is C.C.CC.CC[Si](C)(CC)O[Si](C)(CC)CC. The summed E-state index contributed by atoms with van der Waals surface area (Å²) in [7, 11) is -2.63. The lowest BCUT2D eigenvalue weighted by Crippen LogP contribution is -2.46. The largest absolute Gasteiger partial charge is 0.455 e. The fourth-order valence-corrected chi connectivity index (χ4v) is 9.45. The predicted molar refractivity (Wildman–Crippen MR) is 91.1 cm³/mol. The van der Waals surface area contributed by atoms with Gasteiger partial charge in [-0.3, -0.25) is 0 Å². The van der Waals surface area contributed by atoms with Crippen molar-refractivity contribution in [1.29, 1.82) is 0 Å². The molecule has 0 saturated heterocycles. The van der Waals surface area contributed by atoms with E-state index in [0.717, 1.165) is 0 Å². The van der Waals surface area contributed by atoms with Gasteiger partial charge < -0.3 is 4.12 Å². The van der Waals surface area contributed by atoms with E-state index < -0.39 is 16.6 Å². The van der Waals surface area contributed by atoms with Gasteiger partial charge in [0.15, 0.2) is 16.6 Å². The second-order valence-corrected chi connectivity index (χ2v) is 13.9. The lowest BCUT2D eigenvalue weighted by molar-refractivity contribution is 0.525. The first-order valence-corrected chi connectivity index (χ1v) is 12.3. The Kier molecular flexibility index (Phi) is 19.7. The normalized spacial score (nSPS) is 10.6. The first-order chi connectivity index (χ1) is 6.95. The van der Waals surface area contributed by atoms with Crippen LogP contribution in [0.4, 0.5) is 0 Å². The van der Waals surface area contributed by atoms with Crippen molar-refractivity contribution in [2.45, 2.75) is 93.7 Å². The summed E-state index contributed by atoms with van der Waals surface area (Å²) in [4.78, 5) is 0. The van der Waals surface area contributed by atoms with Crippen LogP contribution in [0.2, 0.25) is 37.3 Å². The van der Waals surface area contributed by atoms with Crippen molar-refractivity contribution in [3.05, 3.63) is 0 Å². The Hall–Kier alpha value is 0.394. The molecule has 0 fully saturated rings. The van der Waals surface area contributed by atoms with Crippen molar-refractivity contribution in [1.82, 2.24) is 0 Å². The van der Waals surface area contributed by atoms with Crippen LogP contribution in [-0.4, -0.2) is 16.6 Å². The third-order valence-corrected chi connectivity index (χ3v) is 13.4. The molecule has 0 spiro atoms. The van der Waals surface area contributed by atoms with Crippen LogP contribution in [-0.2, 0) is 4.12 Å². The lowest BCUT2D eigenvalue weighted by Gasteiger charge is -2.36. The molecule has 0 unspecified atom stereocenters. The van der Waals surface area contributed by atoms with Gasteiger partial charge in [-0.1, -0.05) is 56.4 Å². The number of rotatable bonds is 6. The van der Waals surface area contributed by atoms with E-state index in [9.17, 15) is 0 Å². The summed E-state index contributed by atoms with van der Waals surface area (Å²) in [5, 5.41) is 0. The van der Waals surface area contributed by atoms with Gasteiger partial charge in [-0.05, 0) is 37.3 Å². The van der Waals surface area contributed by atoms with Gasteiger partial charge in [-0.15, -0.1) is 0 Å². The Labute approximate surface area is 115 Å². The summed E-state index contributed by atoms with van der Waals surface area (Å²) in [5.74, 6) is 0. The number of hydrogen-bond acceptors (Lipinski definition) is 1. The molecule has 0 amide bonds. The molecular formula is C14H40OSi2. The molecule has 3 heteroatoms. The molecule has 17 heavy (non-hydrogen) atoms. The minimum atomic E-state index is -1.31. The van der Waals surface area contributed by atoms with Crippen LogP contribution in [0.1, 0.15) is 56.4 Å². The molecule has 0 rings (SSSR count). The first-order valence-electron chi connectivity index (χ1n) is 6.65. The average Bonchev–Trinajstić information content (AvgIpc) is 2.31. The highest BCUT2D eigenvalue weighted by molar-refractivity contribution is 6.85. The van der Waals surface area contributed by atoms with Crippen molar-refractivity contribution in [2.24, 2.45) is 0 Å². The van der Waals surface area contributed by atoms with Crippen molar-refractivity contribution in [3.63, 3.8) is 0 Å².